The number of carboxylic acid groups (broad SMARTS) is 1. The molecule has 3 aromatic carbocycles. The predicted octanol–water partition coefficient (Wildman–Crippen LogP) is 4.49. The fourth-order valence-electron chi connectivity index (χ4n) is 4.66. The van der Waals surface area contributed by atoms with Gasteiger partial charge in [-0.2, -0.15) is 0 Å². The van der Waals surface area contributed by atoms with E-state index in [0.29, 0.717) is 42.5 Å². The van der Waals surface area contributed by atoms with Crippen LogP contribution in [0, 0.1) is 0 Å². The molecule has 0 spiro atoms. The van der Waals surface area contributed by atoms with E-state index in [1.165, 1.54) is 15.5 Å². The van der Waals surface area contributed by atoms with Gasteiger partial charge in [0, 0.05) is 45.0 Å². The van der Waals surface area contributed by atoms with Crippen molar-refractivity contribution in [3.05, 3.63) is 78.9 Å². The van der Waals surface area contributed by atoms with E-state index in [4.69, 9.17) is 4.74 Å². The number of piperazine rings is 1. The zero-order chi connectivity index (χ0) is 27.1. The van der Waals surface area contributed by atoms with Crippen LogP contribution in [0.4, 0.5) is 27.5 Å². The molecule has 1 aliphatic heterocycles. The van der Waals surface area contributed by atoms with Crippen LogP contribution >= 0.6 is 0 Å². The molecule has 202 valence electrons. The van der Waals surface area contributed by atoms with Crippen LogP contribution in [0.25, 0.3) is 0 Å². The highest BCUT2D eigenvalue weighted by Crippen LogP contribution is 2.32. The minimum Gasteiger partial charge on any atom is -0.492 e. The standard InChI is InChI=1S/C28H34N4O5S/c1-3-37-27-15-8-7-14-26(27)31(28(33)34)21-18-29-16-19-30(20-17-29)24-12-9-13-25(22-24)32(38(2,35)36)23-10-5-4-6-11-23/h4-15,22H,3,16-21H2,1-2H3,(H,33,34). The van der Waals surface area contributed by atoms with Gasteiger partial charge in [-0.15, -0.1) is 0 Å². The number of amides is 1. The SMILES string of the molecule is CCOc1ccccc1N(CCN1CCN(c2cccc(N(c3ccccc3)S(C)(=O)=O)c2)CC1)C(=O)O. The molecular weight excluding hydrogens is 504 g/mol. The van der Waals surface area contributed by atoms with Gasteiger partial charge in [0.15, 0.2) is 0 Å². The predicted molar refractivity (Wildman–Crippen MR) is 152 cm³/mol. The Kier molecular flexibility index (Phi) is 8.75. The topological polar surface area (TPSA) is 93.6 Å². The van der Waals surface area contributed by atoms with Gasteiger partial charge in [-0.25, -0.2) is 17.5 Å². The maximum atomic E-state index is 12.6. The summed E-state index contributed by atoms with van der Waals surface area (Å²) in [7, 11) is -3.53. The number of nitrogens with zero attached hydrogens (tertiary/aromatic N) is 4. The second kappa shape index (κ2) is 12.2. The van der Waals surface area contributed by atoms with Crippen LogP contribution in [-0.4, -0.2) is 76.6 Å². The molecule has 1 fully saturated rings. The van der Waals surface area contributed by atoms with Gasteiger partial charge in [0.2, 0.25) is 10.0 Å². The minimum absolute atomic E-state index is 0.329. The summed E-state index contributed by atoms with van der Waals surface area (Å²) in [5.41, 5.74) is 2.67. The highest BCUT2D eigenvalue weighted by Gasteiger charge is 2.24. The fourth-order valence-corrected chi connectivity index (χ4v) is 5.66. The lowest BCUT2D eigenvalue weighted by atomic mass is 10.2. The Morgan fingerprint density at radius 3 is 2.24 bits per heavy atom. The normalized spacial score (nSPS) is 14.2. The number of rotatable bonds is 10. The van der Waals surface area contributed by atoms with Crippen LogP contribution in [0.5, 0.6) is 5.75 Å². The van der Waals surface area contributed by atoms with Crippen molar-refractivity contribution < 1.29 is 23.1 Å². The van der Waals surface area contributed by atoms with Gasteiger partial charge >= 0.3 is 6.09 Å². The third kappa shape index (κ3) is 6.56. The monoisotopic (exact) mass is 538 g/mol. The molecule has 9 nitrogen and oxygen atoms in total. The van der Waals surface area contributed by atoms with E-state index in [9.17, 15) is 18.3 Å². The summed E-state index contributed by atoms with van der Waals surface area (Å²) >= 11 is 0. The van der Waals surface area contributed by atoms with Gasteiger partial charge < -0.3 is 14.7 Å². The molecule has 38 heavy (non-hydrogen) atoms. The first-order valence-corrected chi connectivity index (χ1v) is 14.5. The summed E-state index contributed by atoms with van der Waals surface area (Å²) in [5, 5.41) is 9.85. The van der Waals surface area contributed by atoms with E-state index in [1.807, 2.05) is 55.5 Å². The number of benzene rings is 3. The fraction of sp³-hybridized carbons (Fsp3) is 0.321. The first-order chi connectivity index (χ1) is 18.3. The molecule has 4 rings (SSSR count). The lowest BCUT2D eigenvalue weighted by Crippen LogP contribution is -2.49. The van der Waals surface area contributed by atoms with Crippen LogP contribution in [-0.2, 0) is 10.0 Å². The van der Waals surface area contributed by atoms with Crippen molar-refractivity contribution in [3.63, 3.8) is 0 Å². The van der Waals surface area contributed by atoms with Crippen molar-refractivity contribution in [2.45, 2.75) is 6.92 Å². The zero-order valence-electron chi connectivity index (χ0n) is 21.7. The van der Waals surface area contributed by atoms with Crippen LogP contribution in [0.15, 0.2) is 78.9 Å². The number of sulfonamides is 1. The Hall–Kier alpha value is -3.76. The van der Waals surface area contributed by atoms with Gasteiger partial charge in [-0.1, -0.05) is 36.4 Å². The van der Waals surface area contributed by atoms with Gasteiger partial charge in [0.1, 0.15) is 5.75 Å². The Morgan fingerprint density at radius 1 is 0.921 bits per heavy atom. The molecule has 0 aromatic heterocycles. The van der Waals surface area contributed by atoms with Crippen LogP contribution < -0.4 is 18.8 Å². The van der Waals surface area contributed by atoms with E-state index >= 15 is 0 Å². The summed E-state index contributed by atoms with van der Waals surface area (Å²) in [4.78, 5) is 17.8. The third-order valence-corrected chi connectivity index (χ3v) is 7.54. The molecular formula is C28H34N4O5S. The van der Waals surface area contributed by atoms with Gasteiger partial charge in [-0.3, -0.25) is 9.80 Å². The third-order valence-electron chi connectivity index (χ3n) is 6.45. The molecule has 0 saturated carbocycles. The molecule has 0 bridgehead atoms. The highest BCUT2D eigenvalue weighted by atomic mass is 32.2. The van der Waals surface area contributed by atoms with Crippen LogP contribution in [0.1, 0.15) is 6.92 Å². The lowest BCUT2D eigenvalue weighted by molar-refractivity contribution is 0.198. The Bertz CT molecular complexity index is 1330. The summed E-state index contributed by atoms with van der Waals surface area (Å²) in [5.74, 6) is 0.556. The van der Waals surface area contributed by atoms with E-state index in [0.717, 1.165) is 31.9 Å². The average Bonchev–Trinajstić information content (AvgIpc) is 2.90. The van der Waals surface area contributed by atoms with Crippen molar-refractivity contribution in [1.82, 2.24) is 4.90 Å². The van der Waals surface area contributed by atoms with Crippen molar-refractivity contribution in [2.75, 3.05) is 66.2 Å². The Morgan fingerprint density at radius 2 is 1.58 bits per heavy atom. The maximum absolute atomic E-state index is 12.6. The first-order valence-electron chi connectivity index (χ1n) is 12.6. The quantitative estimate of drug-likeness (QED) is 0.407. The molecule has 0 aliphatic carbocycles. The summed E-state index contributed by atoms with van der Waals surface area (Å²) in [6, 6.07) is 23.8. The van der Waals surface area contributed by atoms with Crippen molar-refractivity contribution >= 4 is 38.9 Å². The summed E-state index contributed by atoms with van der Waals surface area (Å²) in [6.07, 6.45) is 0.194. The number of anilines is 4. The van der Waals surface area contributed by atoms with Gasteiger partial charge in [-0.05, 0) is 49.4 Å². The summed E-state index contributed by atoms with van der Waals surface area (Å²) < 4.78 is 32.3. The number of carbonyl (C=O) groups is 1. The smallest absolute Gasteiger partial charge is 0.411 e. The molecule has 0 unspecified atom stereocenters. The second-order valence-electron chi connectivity index (χ2n) is 9.05. The molecule has 1 amide bonds. The van der Waals surface area contributed by atoms with Crippen LogP contribution in [0.2, 0.25) is 0 Å². The summed E-state index contributed by atoms with van der Waals surface area (Å²) in [6.45, 7) is 6.27. The second-order valence-corrected chi connectivity index (χ2v) is 10.9. The van der Waals surface area contributed by atoms with Crippen LogP contribution in [0.3, 0.4) is 0 Å². The van der Waals surface area contributed by atoms with E-state index < -0.39 is 16.1 Å². The van der Waals surface area contributed by atoms with Crippen molar-refractivity contribution in [3.8, 4) is 5.75 Å². The number of hydrogen-bond acceptors (Lipinski definition) is 6. The Balaban J connectivity index is 1.41. The largest absolute Gasteiger partial charge is 0.492 e. The minimum atomic E-state index is -3.53. The maximum Gasteiger partial charge on any atom is 0.411 e. The van der Waals surface area contributed by atoms with Gasteiger partial charge in [0.05, 0.1) is 29.9 Å². The van der Waals surface area contributed by atoms with E-state index in [2.05, 4.69) is 9.80 Å². The zero-order valence-corrected chi connectivity index (χ0v) is 22.5. The lowest BCUT2D eigenvalue weighted by Gasteiger charge is -2.37. The molecule has 1 N–H and O–H groups in total. The number of ether oxygens (including phenoxy) is 1. The highest BCUT2D eigenvalue weighted by molar-refractivity contribution is 7.92. The van der Waals surface area contributed by atoms with Crippen molar-refractivity contribution in [1.29, 1.82) is 0 Å². The molecule has 0 atom stereocenters. The number of para-hydroxylation sites is 3. The molecule has 0 radical (unpaired) electrons. The Labute approximate surface area is 224 Å². The van der Waals surface area contributed by atoms with Gasteiger partial charge in [0.25, 0.3) is 0 Å². The molecule has 3 aromatic rings. The van der Waals surface area contributed by atoms with Crippen molar-refractivity contribution in [2.24, 2.45) is 0 Å². The first kappa shape index (κ1) is 27.3. The van der Waals surface area contributed by atoms with E-state index in [-0.39, 0.29) is 0 Å². The molecule has 10 heteroatoms. The molecule has 1 aliphatic rings. The molecule has 1 saturated heterocycles. The average molecular weight is 539 g/mol. The number of hydrogen-bond donors (Lipinski definition) is 1. The van der Waals surface area contributed by atoms with E-state index in [1.54, 1.807) is 30.3 Å². The molecule has 1 heterocycles.